The van der Waals surface area contributed by atoms with Crippen molar-refractivity contribution in [3.05, 3.63) is 47.8 Å². The number of anilines is 1. The molecule has 0 aliphatic rings. The van der Waals surface area contributed by atoms with Crippen molar-refractivity contribution in [3.8, 4) is 0 Å². The van der Waals surface area contributed by atoms with Gasteiger partial charge >= 0.3 is 0 Å². The van der Waals surface area contributed by atoms with Crippen molar-refractivity contribution in [2.24, 2.45) is 7.05 Å². The van der Waals surface area contributed by atoms with Crippen LogP contribution >= 0.6 is 0 Å². The Morgan fingerprint density at radius 2 is 1.96 bits per heavy atom. The zero-order valence-electron chi connectivity index (χ0n) is 14.0. The Kier molecular flexibility index (Phi) is 5.11. The normalized spacial score (nSPS) is 12.3. The largest absolute Gasteiger partial charge is 0.381 e. The predicted octanol–water partition coefficient (Wildman–Crippen LogP) is 2.25. The van der Waals surface area contributed by atoms with Gasteiger partial charge in [0.05, 0.1) is 11.9 Å². The summed E-state index contributed by atoms with van der Waals surface area (Å²) in [6, 6.07) is 7.45. The van der Waals surface area contributed by atoms with Crippen LogP contribution in [0.4, 0.5) is 5.69 Å². The van der Waals surface area contributed by atoms with Crippen LogP contribution in [0.2, 0.25) is 0 Å². The molecule has 0 radical (unpaired) electrons. The van der Waals surface area contributed by atoms with Crippen LogP contribution < -0.4 is 10.0 Å². The first-order valence-electron chi connectivity index (χ1n) is 7.45. The Labute approximate surface area is 138 Å². The highest BCUT2D eigenvalue weighted by Crippen LogP contribution is 2.15. The van der Waals surface area contributed by atoms with Crippen molar-refractivity contribution in [2.45, 2.75) is 38.6 Å². The summed E-state index contributed by atoms with van der Waals surface area (Å²) in [5, 5.41) is 7.40. The van der Waals surface area contributed by atoms with E-state index in [1.165, 1.54) is 0 Å². The molecule has 7 heteroatoms. The van der Waals surface area contributed by atoms with Gasteiger partial charge in [-0.1, -0.05) is 12.1 Å². The zero-order valence-corrected chi connectivity index (χ0v) is 14.8. The van der Waals surface area contributed by atoms with Crippen LogP contribution in [0, 0.1) is 0 Å². The van der Waals surface area contributed by atoms with Gasteiger partial charge in [0.2, 0.25) is 10.0 Å². The molecule has 0 fully saturated rings. The molecule has 1 heterocycles. The summed E-state index contributed by atoms with van der Waals surface area (Å²) in [4.78, 5) is 0. The summed E-state index contributed by atoms with van der Waals surface area (Å²) >= 11 is 0. The molecule has 0 spiro atoms. The molecule has 0 aliphatic carbocycles. The van der Waals surface area contributed by atoms with Crippen LogP contribution in [0.5, 0.6) is 0 Å². The first-order chi connectivity index (χ1) is 10.6. The Bertz CT molecular complexity index is 760. The molecule has 1 aromatic carbocycles. The molecule has 2 rings (SSSR count). The minimum Gasteiger partial charge on any atom is -0.381 e. The second-order valence-electron chi connectivity index (χ2n) is 6.69. The molecule has 0 saturated carbocycles. The number of hydrogen-bond donors (Lipinski definition) is 2. The van der Waals surface area contributed by atoms with Gasteiger partial charge < -0.3 is 5.32 Å². The smallest absolute Gasteiger partial charge is 0.216 e. The van der Waals surface area contributed by atoms with Crippen LogP contribution in [-0.2, 0) is 29.4 Å². The van der Waals surface area contributed by atoms with E-state index >= 15 is 0 Å². The van der Waals surface area contributed by atoms with Crippen molar-refractivity contribution in [3.63, 3.8) is 0 Å². The third-order valence-electron chi connectivity index (χ3n) is 3.00. The molecular formula is C16H24N4O2S. The molecule has 0 bridgehead atoms. The summed E-state index contributed by atoms with van der Waals surface area (Å²) in [6.45, 7) is 6.13. The Morgan fingerprint density at radius 1 is 1.22 bits per heavy atom. The van der Waals surface area contributed by atoms with Crippen LogP contribution in [0.1, 0.15) is 31.9 Å². The highest BCUT2D eigenvalue weighted by atomic mass is 32.2. The zero-order chi connectivity index (χ0) is 17.1. The van der Waals surface area contributed by atoms with E-state index in [4.69, 9.17) is 0 Å². The molecule has 0 amide bonds. The number of rotatable bonds is 6. The molecule has 0 aliphatic heterocycles. The van der Waals surface area contributed by atoms with Crippen molar-refractivity contribution in [2.75, 3.05) is 5.32 Å². The molecule has 2 aromatic rings. The number of aryl methyl sites for hydroxylation is 1. The second-order valence-corrected chi connectivity index (χ2v) is 8.41. The van der Waals surface area contributed by atoms with Gasteiger partial charge in [0.1, 0.15) is 0 Å². The third-order valence-corrected chi connectivity index (χ3v) is 4.64. The van der Waals surface area contributed by atoms with E-state index in [1.54, 1.807) is 10.9 Å². The predicted molar refractivity (Wildman–Crippen MR) is 92.5 cm³/mol. The van der Waals surface area contributed by atoms with E-state index in [9.17, 15) is 8.42 Å². The molecule has 126 valence electrons. The van der Waals surface area contributed by atoms with Crippen LogP contribution in [0.15, 0.2) is 36.7 Å². The lowest BCUT2D eigenvalue weighted by molar-refractivity contribution is 0.491. The number of nitrogens with zero attached hydrogens (tertiary/aromatic N) is 2. The fourth-order valence-electron chi connectivity index (χ4n) is 2.26. The maximum Gasteiger partial charge on any atom is 0.216 e. The topological polar surface area (TPSA) is 76.0 Å². The molecule has 23 heavy (non-hydrogen) atoms. The quantitative estimate of drug-likeness (QED) is 0.848. The maximum absolute atomic E-state index is 12.2. The fourth-order valence-corrected chi connectivity index (χ4v) is 3.88. The van der Waals surface area contributed by atoms with Crippen molar-refractivity contribution in [1.29, 1.82) is 0 Å². The van der Waals surface area contributed by atoms with Gasteiger partial charge in [0.25, 0.3) is 0 Å². The van der Waals surface area contributed by atoms with Gasteiger partial charge in [0, 0.05) is 36.6 Å². The lowest BCUT2D eigenvalue weighted by Crippen LogP contribution is -2.41. The standard InChI is InChI=1S/C16H24N4O2S/c1-16(2,3)19-23(21,22)12-13-6-5-7-15(8-13)17-9-14-10-18-20(4)11-14/h5-8,10-11,17,19H,9,12H2,1-4H3. The van der Waals surface area contributed by atoms with Crippen molar-refractivity contribution < 1.29 is 8.42 Å². The lowest BCUT2D eigenvalue weighted by Gasteiger charge is -2.20. The number of nitrogens with one attached hydrogen (secondary N) is 2. The van der Waals surface area contributed by atoms with Crippen molar-refractivity contribution in [1.82, 2.24) is 14.5 Å². The van der Waals surface area contributed by atoms with Gasteiger partial charge in [-0.25, -0.2) is 13.1 Å². The first kappa shape index (κ1) is 17.5. The molecule has 2 N–H and O–H groups in total. The maximum atomic E-state index is 12.2. The summed E-state index contributed by atoms with van der Waals surface area (Å²) in [5.74, 6) is -0.0350. The number of benzene rings is 1. The minimum absolute atomic E-state index is 0.0350. The van der Waals surface area contributed by atoms with E-state index < -0.39 is 15.6 Å². The SMILES string of the molecule is Cn1cc(CNc2cccc(CS(=O)(=O)NC(C)(C)C)c2)cn1. The van der Waals surface area contributed by atoms with Gasteiger partial charge in [-0.05, 0) is 38.5 Å². The number of sulfonamides is 1. The Hall–Kier alpha value is -1.86. The van der Waals surface area contributed by atoms with E-state index in [-0.39, 0.29) is 5.75 Å². The van der Waals surface area contributed by atoms with Crippen LogP contribution in [0.3, 0.4) is 0 Å². The van der Waals surface area contributed by atoms with Gasteiger partial charge in [-0.15, -0.1) is 0 Å². The molecule has 0 saturated heterocycles. The van der Waals surface area contributed by atoms with Gasteiger partial charge in [0.15, 0.2) is 0 Å². The first-order valence-corrected chi connectivity index (χ1v) is 9.10. The average Bonchev–Trinajstić information content (AvgIpc) is 2.79. The average molecular weight is 336 g/mol. The highest BCUT2D eigenvalue weighted by molar-refractivity contribution is 7.88. The van der Waals surface area contributed by atoms with E-state index in [1.807, 2.05) is 58.3 Å². The van der Waals surface area contributed by atoms with Gasteiger partial charge in [-0.2, -0.15) is 5.10 Å². The molecule has 1 aromatic heterocycles. The molecular weight excluding hydrogens is 312 g/mol. The summed E-state index contributed by atoms with van der Waals surface area (Å²) in [7, 11) is -1.49. The van der Waals surface area contributed by atoms with Crippen LogP contribution in [0.25, 0.3) is 0 Å². The Balaban J connectivity index is 2.02. The second kappa shape index (κ2) is 6.72. The lowest BCUT2D eigenvalue weighted by atomic mass is 10.1. The molecule has 0 unspecified atom stereocenters. The third kappa shape index (κ3) is 6.03. The minimum atomic E-state index is -3.36. The van der Waals surface area contributed by atoms with E-state index in [0.29, 0.717) is 6.54 Å². The Morgan fingerprint density at radius 3 is 2.57 bits per heavy atom. The molecule has 0 atom stereocenters. The summed E-state index contributed by atoms with van der Waals surface area (Å²) < 4.78 is 28.7. The van der Waals surface area contributed by atoms with Gasteiger partial charge in [-0.3, -0.25) is 4.68 Å². The van der Waals surface area contributed by atoms with Crippen LogP contribution in [-0.4, -0.2) is 23.7 Å². The van der Waals surface area contributed by atoms with E-state index in [0.717, 1.165) is 16.8 Å². The van der Waals surface area contributed by atoms with E-state index in [2.05, 4.69) is 15.1 Å². The fraction of sp³-hybridized carbons (Fsp3) is 0.438. The summed E-state index contributed by atoms with van der Waals surface area (Å²) in [5.41, 5.74) is 2.23. The van der Waals surface area contributed by atoms with Crippen molar-refractivity contribution >= 4 is 15.7 Å². The molecule has 6 nitrogen and oxygen atoms in total. The number of hydrogen-bond acceptors (Lipinski definition) is 4. The number of aromatic nitrogens is 2. The summed E-state index contributed by atoms with van der Waals surface area (Å²) in [6.07, 6.45) is 3.74. The highest BCUT2D eigenvalue weighted by Gasteiger charge is 2.20. The monoisotopic (exact) mass is 336 g/mol.